The highest BCUT2D eigenvalue weighted by molar-refractivity contribution is 7.92. The van der Waals surface area contributed by atoms with Crippen LogP contribution >= 0.6 is 0 Å². The van der Waals surface area contributed by atoms with Gasteiger partial charge in [0.25, 0.3) is 0 Å². The number of carbonyl (C=O) groups is 1. The molecule has 110 valence electrons. The lowest BCUT2D eigenvalue weighted by atomic mass is 9.93. The van der Waals surface area contributed by atoms with Gasteiger partial charge in [-0.15, -0.1) is 0 Å². The molecule has 2 fully saturated rings. The number of amides is 1. The zero-order valence-corrected chi connectivity index (χ0v) is 12.3. The lowest BCUT2D eigenvalue weighted by molar-refractivity contribution is -0.121. The molecule has 5 nitrogen and oxygen atoms in total. The van der Waals surface area contributed by atoms with E-state index in [0.29, 0.717) is 25.3 Å². The maximum atomic E-state index is 12.0. The average Bonchev–Trinajstić information content (AvgIpc) is 2.37. The van der Waals surface area contributed by atoms with Crippen molar-refractivity contribution in [3.63, 3.8) is 0 Å². The number of carbonyl (C=O) groups excluding carboxylic acids is 1. The van der Waals surface area contributed by atoms with Gasteiger partial charge in [-0.1, -0.05) is 13.3 Å². The fourth-order valence-electron chi connectivity index (χ4n) is 2.96. The molecule has 6 heteroatoms. The Kier molecular flexibility index (Phi) is 4.84. The lowest BCUT2D eigenvalue weighted by Gasteiger charge is -2.31. The summed E-state index contributed by atoms with van der Waals surface area (Å²) in [4.78, 5) is 12.0. The van der Waals surface area contributed by atoms with Gasteiger partial charge in [0.2, 0.25) is 5.91 Å². The minimum atomic E-state index is -3.22. The van der Waals surface area contributed by atoms with Crippen LogP contribution in [0.5, 0.6) is 0 Å². The minimum absolute atomic E-state index is 0.156. The molecule has 0 saturated carbocycles. The Bertz CT molecular complexity index is 422. The fourth-order valence-corrected chi connectivity index (χ4v) is 4.79. The van der Waals surface area contributed by atoms with E-state index in [1.54, 1.807) is 0 Å². The van der Waals surface area contributed by atoms with Crippen molar-refractivity contribution in [2.24, 2.45) is 5.92 Å². The van der Waals surface area contributed by atoms with Crippen LogP contribution < -0.4 is 10.6 Å². The lowest BCUT2D eigenvalue weighted by Crippen LogP contribution is -2.51. The van der Waals surface area contributed by atoms with Gasteiger partial charge in [-0.2, -0.15) is 0 Å². The zero-order chi connectivity index (χ0) is 13.9. The molecule has 0 aromatic rings. The van der Waals surface area contributed by atoms with Crippen molar-refractivity contribution in [1.29, 1.82) is 0 Å². The summed E-state index contributed by atoms with van der Waals surface area (Å²) in [5.74, 6) is 0.375. The summed E-state index contributed by atoms with van der Waals surface area (Å²) in [7, 11) is -3.22. The van der Waals surface area contributed by atoms with E-state index < -0.39 is 15.1 Å². The predicted molar refractivity (Wildman–Crippen MR) is 74.6 cm³/mol. The van der Waals surface area contributed by atoms with E-state index in [0.717, 1.165) is 19.4 Å². The Labute approximate surface area is 115 Å². The second-order valence-corrected chi connectivity index (χ2v) is 8.08. The van der Waals surface area contributed by atoms with Gasteiger partial charge in [-0.3, -0.25) is 4.79 Å². The number of rotatable bonds is 3. The molecule has 2 N–H and O–H groups in total. The van der Waals surface area contributed by atoms with E-state index in [1.807, 2.05) is 0 Å². The standard InChI is InChI=1S/C13H24N2O3S/c1-10-5-4-7-14-11(10)9-15-13(16)12-6-2-3-8-19(12,17)18/h10-12,14H,2-9H2,1H3,(H,15,16). The summed E-state index contributed by atoms with van der Waals surface area (Å²) in [6, 6.07) is 0.268. The third-order valence-corrected chi connectivity index (χ3v) is 6.47. The highest BCUT2D eigenvalue weighted by atomic mass is 32.2. The molecule has 19 heavy (non-hydrogen) atoms. The van der Waals surface area contributed by atoms with Gasteiger partial charge in [0.1, 0.15) is 5.25 Å². The van der Waals surface area contributed by atoms with Crippen LogP contribution in [0.2, 0.25) is 0 Å². The van der Waals surface area contributed by atoms with Crippen molar-refractivity contribution in [2.75, 3.05) is 18.8 Å². The molecule has 0 aliphatic carbocycles. The summed E-state index contributed by atoms with van der Waals surface area (Å²) >= 11 is 0. The van der Waals surface area contributed by atoms with E-state index in [-0.39, 0.29) is 17.7 Å². The smallest absolute Gasteiger partial charge is 0.238 e. The van der Waals surface area contributed by atoms with Crippen LogP contribution in [0, 0.1) is 5.92 Å². The van der Waals surface area contributed by atoms with E-state index in [2.05, 4.69) is 17.6 Å². The largest absolute Gasteiger partial charge is 0.353 e. The van der Waals surface area contributed by atoms with Crippen LogP contribution in [0.1, 0.15) is 39.0 Å². The summed E-state index contributed by atoms with van der Waals surface area (Å²) in [6.45, 7) is 3.68. The Morgan fingerprint density at radius 1 is 1.26 bits per heavy atom. The average molecular weight is 288 g/mol. The van der Waals surface area contributed by atoms with Crippen LogP contribution in [0.3, 0.4) is 0 Å². The number of hydrogen-bond acceptors (Lipinski definition) is 4. The molecule has 0 radical (unpaired) electrons. The normalized spacial score (nSPS) is 34.7. The maximum Gasteiger partial charge on any atom is 0.238 e. The Morgan fingerprint density at radius 2 is 2.05 bits per heavy atom. The SMILES string of the molecule is CC1CCCNC1CNC(=O)C1CCCCS1(=O)=O. The Balaban J connectivity index is 1.86. The van der Waals surface area contributed by atoms with E-state index in [4.69, 9.17) is 0 Å². The van der Waals surface area contributed by atoms with Crippen LogP contribution in [0.25, 0.3) is 0 Å². The van der Waals surface area contributed by atoms with Crippen molar-refractivity contribution in [3.8, 4) is 0 Å². The van der Waals surface area contributed by atoms with Crippen molar-refractivity contribution in [3.05, 3.63) is 0 Å². The zero-order valence-electron chi connectivity index (χ0n) is 11.5. The van der Waals surface area contributed by atoms with Gasteiger partial charge < -0.3 is 10.6 Å². The Morgan fingerprint density at radius 3 is 2.74 bits per heavy atom. The van der Waals surface area contributed by atoms with Crippen LogP contribution in [-0.4, -0.2) is 44.5 Å². The molecule has 2 rings (SSSR count). The number of hydrogen-bond donors (Lipinski definition) is 2. The van der Waals surface area contributed by atoms with E-state index in [9.17, 15) is 13.2 Å². The number of nitrogens with one attached hydrogen (secondary N) is 2. The molecule has 1 amide bonds. The summed E-state index contributed by atoms with van der Waals surface area (Å²) in [5, 5.41) is 5.39. The molecule has 3 atom stereocenters. The van der Waals surface area contributed by atoms with Gasteiger partial charge in [-0.05, 0) is 38.1 Å². The van der Waals surface area contributed by atoms with Gasteiger partial charge in [0, 0.05) is 12.6 Å². The third-order valence-electron chi connectivity index (χ3n) is 4.30. The molecule has 2 heterocycles. The van der Waals surface area contributed by atoms with Crippen LogP contribution in [0.15, 0.2) is 0 Å². The first-order chi connectivity index (χ1) is 9.00. The predicted octanol–water partition coefficient (Wildman–Crippen LogP) is 0.458. The van der Waals surface area contributed by atoms with Gasteiger partial charge in [-0.25, -0.2) is 8.42 Å². The van der Waals surface area contributed by atoms with Gasteiger partial charge in [0.05, 0.1) is 5.75 Å². The topological polar surface area (TPSA) is 75.3 Å². The molecule has 0 aromatic carbocycles. The van der Waals surface area contributed by atoms with Gasteiger partial charge in [0.15, 0.2) is 9.84 Å². The van der Waals surface area contributed by atoms with E-state index in [1.165, 1.54) is 6.42 Å². The highest BCUT2D eigenvalue weighted by Gasteiger charge is 2.35. The maximum absolute atomic E-state index is 12.0. The Hall–Kier alpha value is -0.620. The second-order valence-electron chi connectivity index (χ2n) is 5.78. The minimum Gasteiger partial charge on any atom is -0.353 e. The summed E-state index contributed by atoms with van der Waals surface area (Å²) < 4.78 is 23.7. The molecular formula is C13H24N2O3S. The van der Waals surface area contributed by atoms with Crippen molar-refractivity contribution in [2.45, 2.75) is 50.3 Å². The first-order valence-electron chi connectivity index (χ1n) is 7.23. The monoisotopic (exact) mass is 288 g/mol. The first kappa shape index (κ1) is 14.8. The number of sulfone groups is 1. The van der Waals surface area contributed by atoms with Crippen molar-refractivity contribution >= 4 is 15.7 Å². The molecule has 2 aliphatic heterocycles. The summed E-state index contributed by atoms with van der Waals surface area (Å²) in [5.41, 5.74) is 0. The molecule has 3 unspecified atom stereocenters. The van der Waals surface area contributed by atoms with Crippen molar-refractivity contribution < 1.29 is 13.2 Å². The highest BCUT2D eigenvalue weighted by Crippen LogP contribution is 2.20. The first-order valence-corrected chi connectivity index (χ1v) is 8.95. The fraction of sp³-hybridized carbons (Fsp3) is 0.923. The summed E-state index contributed by atoms with van der Waals surface area (Å²) in [6.07, 6.45) is 4.32. The second kappa shape index (κ2) is 6.22. The van der Waals surface area contributed by atoms with Crippen molar-refractivity contribution in [1.82, 2.24) is 10.6 Å². The van der Waals surface area contributed by atoms with Crippen LogP contribution in [-0.2, 0) is 14.6 Å². The molecule has 2 aliphatic rings. The molecule has 0 aromatic heterocycles. The van der Waals surface area contributed by atoms with Gasteiger partial charge >= 0.3 is 0 Å². The molecule has 0 spiro atoms. The molecule has 2 saturated heterocycles. The molecule has 0 bridgehead atoms. The molecular weight excluding hydrogens is 264 g/mol. The van der Waals surface area contributed by atoms with Crippen LogP contribution in [0.4, 0.5) is 0 Å². The van der Waals surface area contributed by atoms with E-state index >= 15 is 0 Å². The quantitative estimate of drug-likeness (QED) is 0.791. The number of piperidine rings is 1. The third kappa shape index (κ3) is 3.69.